The quantitative estimate of drug-likeness (QED) is 0.580. The van der Waals surface area contributed by atoms with Crippen molar-refractivity contribution in [3.05, 3.63) is 76.2 Å². The number of hydrogen-bond donors (Lipinski definition) is 1. The molecule has 3 aromatic rings. The topological polar surface area (TPSA) is 55.4 Å². The van der Waals surface area contributed by atoms with Crippen LogP contribution in [-0.4, -0.2) is 18.5 Å². The number of carbonyl (C=O) groups excluding carboxylic acids is 2. The zero-order valence-electron chi connectivity index (χ0n) is 15.2. The molecule has 1 aromatic heterocycles. The molecule has 3 rings (SSSR count). The fraction of sp³-hybridized carbons (Fsp3) is 0.143. The van der Waals surface area contributed by atoms with E-state index in [0.29, 0.717) is 17.0 Å². The van der Waals surface area contributed by atoms with E-state index in [1.54, 1.807) is 37.3 Å². The van der Waals surface area contributed by atoms with Crippen LogP contribution in [0.3, 0.4) is 0 Å². The number of carbonyl (C=O) groups is 2. The molecule has 0 spiro atoms. The number of halogens is 2. The molecule has 0 saturated heterocycles. The van der Waals surface area contributed by atoms with Crippen molar-refractivity contribution >= 4 is 28.9 Å². The molecule has 0 saturated carbocycles. The second-order valence-electron chi connectivity index (χ2n) is 5.96. The molecular formula is C21H17F2NO3S. The van der Waals surface area contributed by atoms with Crippen LogP contribution >= 0.6 is 11.3 Å². The zero-order valence-corrected chi connectivity index (χ0v) is 16.0. The van der Waals surface area contributed by atoms with Crippen molar-refractivity contribution in [2.45, 2.75) is 13.8 Å². The van der Waals surface area contributed by atoms with Gasteiger partial charge >= 0.3 is 5.97 Å². The maximum absolute atomic E-state index is 13.7. The Hall–Kier alpha value is -3.06. The summed E-state index contributed by atoms with van der Waals surface area (Å²) in [6.07, 6.45) is 0. The molecule has 28 heavy (non-hydrogen) atoms. The number of amides is 1. The summed E-state index contributed by atoms with van der Waals surface area (Å²) in [4.78, 5) is 25.3. The summed E-state index contributed by atoms with van der Waals surface area (Å²) in [5.41, 5.74) is 1.68. The van der Waals surface area contributed by atoms with E-state index in [-0.39, 0.29) is 0 Å². The summed E-state index contributed by atoms with van der Waals surface area (Å²) in [7, 11) is 0. The third-order valence-corrected chi connectivity index (χ3v) is 5.15. The number of anilines is 1. The molecule has 1 N–H and O–H groups in total. The summed E-state index contributed by atoms with van der Waals surface area (Å²) in [5, 5.41) is 2.27. The fourth-order valence-corrected chi connectivity index (χ4v) is 3.67. The monoisotopic (exact) mass is 401 g/mol. The Morgan fingerprint density at radius 1 is 1.07 bits per heavy atom. The van der Waals surface area contributed by atoms with Gasteiger partial charge in [-0.2, -0.15) is 0 Å². The number of para-hydroxylation sites is 1. The number of ether oxygens (including phenoxy) is 1. The molecule has 4 nitrogen and oxygen atoms in total. The van der Waals surface area contributed by atoms with Gasteiger partial charge in [-0.05, 0) is 61.4 Å². The lowest BCUT2D eigenvalue weighted by atomic mass is 10.0. The molecule has 0 atom stereocenters. The molecule has 0 fully saturated rings. The first kappa shape index (κ1) is 19.7. The van der Waals surface area contributed by atoms with Gasteiger partial charge in [0.05, 0.1) is 17.0 Å². The van der Waals surface area contributed by atoms with Gasteiger partial charge in [0.25, 0.3) is 5.91 Å². The highest BCUT2D eigenvalue weighted by Gasteiger charge is 2.17. The van der Waals surface area contributed by atoms with Crippen molar-refractivity contribution in [3.8, 4) is 10.4 Å². The van der Waals surface area contributed by atoms with Crippen LogP contribution in [0.4, 0.5) is 14.5 Å². The molecule has 0 aliphatic rings. The molecule has 1 heterocycles. The first-order chi connectivity index (χ1) is 13.4. The standard InChI is InChI=1S/C21H17F2NO3S/c1-3-27-21(26)13-7-8-14(12(2)11-13)17-9-10-18(28-17)20(25)24-19-15(22)5-4-6-16(19)23/h4-11H,3H2,1-2H3,(H,24,25). The largest absolute Gasteiger partial charge is 0.462 e. The Morgan fingerprint density at radius 2 is 1.79 bits per heavy atom. The summed E-state index contributed by atoms with van der Waals surface area (Å²) in [5.74, 6) is -2.66. The van der Waals surface area contributed by atoms with E-state index in [1.165, 1.54) is 17.4 Å². The first-order valence-corrected chi connectivity index (χ1v) is 9.35. The highest BCUT2D eigenvalue weighted by Crippen LogP contribution is 2.32. The van der Waals surface area contributed by atoms with Gasteiger partial charge in [-0.1, -0.05) is 12.1 Å². The third kappa shape index (κ3) is 4.09. The molecule has 1 amide bonds. The molecule has 144 valence electrons. The minimum Gasteiger partial charge on any atom is -0.462 e. The number of aryl methyl sites for hydroxylation is 1. The van der Waals surface area contributed by atoms with Crippen LogP contribution in [0.2, 0.25) is 0 Å². The highest BCUT2D eigenvalue weighted by atomic mass is 32.1. The van der Waals surface area contributed by atoms with Gasteiger partial charge in [0.15, 0.2) is 0 Å². The predicted molar refractivity (Wildman–Crippen MR) is 105 cm³/mol. The smallest absolute Gasteiger partial charge is 0.338 e. The molecular weight excluding hydrogens is 384 g/mol. The molecule has 7 heteroatoms. The first-order valence-electron chi connectivity index (χ1n) is 8.54. The van der Waals surface area contributed by atoms with Gasteiger partial charge in [-0.3, -0.25) is 4.79 Å². The Morgan fingerprint density at radius 3 is 2.43 bits per heavy atom. The van der Waals surface area contributed by atoms with Crippen LogP contribution in [-0.2, 0) is 4.74 Å². The molecule has 0 unspecified atom stereocenters. The van der Waals surface area contributed by atoms with Gasteiger partial charge in [0, 0.05) is 4.88 Å². The fourth-order valence-electron chi connectivity index (χ4n) is 2.68. The lowest BCUT2D eigenvalue weighted by Gasteiger charge is -2.07. The van der Waals surface area contributed by atoms with Crippen LogP contribution in [0, 0.1) is 18.6 Å². The Kier molecular flexibility index (Phi) is 5.84. The lowest BCUT2D eigenvalue weighted by molar-refractivity contribution is 0.0526. The van der Waals surface area contributed by atoms with E-state index < -0.39 is 29.2 Å². The number of rotatable bonds is 5. The number of hydrogen-bond acceptors (Lipinski definition) is 4. The van der Waals surface area contributed by atoms with Crippen molar-refractivity contribution in [1.82, 2.24) is 0 Å². The van der Waals surface area contributed by atoms with Crippen LogP contribution in [0.5, 0.6) is 0 Å². The maximum atomic E-state index is 13.7. The predicted octanol–water partition coefficient (Wildman–Crippen LogP) is 5.43. The second kappa shape index (κ2) is 8.31. The molecule has 2 aromatic carbocycles. The minimum absolute atomic E-state index is 0.297. The summed E-state index contributed by atoms with van der Waals surface area (Å²) >= 11 is 1.19. The van der Waals surface area contributed by atoms with E-state index in [0.717, 1.165) is 28.1 Å². The van der Waals surface area contributed by atoms with Crippen molar-refractivity contribution in [2.75, 3.05) is 11.9 Å². The van der Waals surface area contributed by atoms with E-state index in [4.69, 9.17) is 4.74 Å². The van der Waals surface area contributed by atoms with Gasteiger partial charge in [0.2, 0.25) is 0 Å². The van der Waals surface area contributed by atoms with Crippen molar-refractivity contribution < 1.29 is 23.1 Å². The van der Waals surface area contributed by atoms with Crippen molar-refractivity contribution in [3.63, 3.8) is 0 Å². The van der Waals surface area contributed by atoms with Crippen LogP contribution < -0.4 is 5.32 Å². The SMILES string of the molecule is CCOC(=O)c1ccc(-c2ccc(C(=O)Nc3c(F)cccc3F)s2)c(C)c1. The van der Waals surface area contributed by atoms with Gasteiger partial charge < -0.3 is 10.1 Å². The molecule has 0 bridgehead atoms. The summed E-state index contributed by atoms with van der Waals surface area (Å²) < 4.78 is 32.4. The van der Waals surface area contributed by atoms with Crippen molar-refractivity contribution in [2.24, 2.45) is 0 Å². The average Bonchev–Trinajstić information content (AvgIpc) is 3.15. The average molecular weight is 401 g/mol. The van der Waals surface area contributed by atoms with Gasteiger partial charge in [-0.15, -0.1) is 11.3 Å². The molecule has 0 aliphatic heterocycles. The van der Waals surface area contributed by atoms with Crippen LogP contribution in [0.15, 0.2) is 48.5 Å². The molecule has 0 aliphatic carbocycles. The summed E-state index contributed by atoms with van der Waals surface area (Å²) in [6.45, 7) is 3.89. The third-order valence-electron chi connectivity index (χ3n) is 4.03. The number of thiophene rings is 1. The normalized spacial score (nSPS) is 10.6. The van der Waals surface area contributed by atoms with Crippen LogP contribution in [0.25, 0.3) is 10.4 Å². The highest BCUT2D eigenvalue weighted by molar-refractivity contribution is 7.17. The Bertz CT molecular complexity index is 1030. The maximum Gasteiger partial charge on any atom is 0.338 e. The molecule has 0 radical (unpaired) electrons. The Labute approximate surface area is 164 Å². The van der Waals surface area contributed by atoms with E-state index in [9.17, 15) is 18.4 Å². The lowest BCUT2D eigenvalue weighted by Crippen LogP contribution is -2.12. The number of benzene rings is 2. The van der Waals surface area contributed by atoms with E-state index in [2.05, 4.69) is 5.32 Å². The summed E-state index contributed by atoms with van der Waals surface area (Å²) in [6, 6.07) is 11.9. The second-order valence-corrected chi connectivity index (χ2v) is 7.05. The van der Waals surface area contributed by atoms with Gasteiger partial charge in [-0.25, -0.2) is 13.6 Å². The van der Waals surface area contributed by atoms with Gasteiger partial charge in [0.1, 0.15) is 17.3 Å². The minimum atomic E-state index is -0.837. The van der Waals surface area contributed by atoms with Crippen molar-refractivity contribution in [1.29, 1.82) is 0 Å². The van der Waals surface area contributed by atoms with E-state index >= 15 is 0 Å². The number of esters is 1. The zero-order chi connectivity index (χ0) is 20.3. The number of nitrogens with one attached hydrogen (secondary N) is 1. The van der Waals surface area contributed by atoms with E-state index in [1.807, 2.05) is 6.92 Å². The Balaban J connectivity index is 1.82. The van der Waals surface area contributed by atoms with Crippen LogP contribution in [0.1, 0.15) is 32.5 Å².